The van der Waals surface area contributed by atoms with Crippen LogP contribution in [0.1, 0.15) is 31.0 Å². The van der Waals surface area contributed by atoms with Crippen LogP contribution in [0, 0.1) is 5.82 Å². The maximum atomic E-state index is 14.3. The fourth-order valence-corrected chi connectivity index (χ4v) is 4.56. The number of amides is 1. The van der Waals surface area contributed by atoms with E-state index in [4.69, 9.17) is 0 Å². The standard InChI is InChI=1S/C22H23FN4OS/c1-15(2)27-21(18-9-5-6-10-19(18)23)24-25-22(27)29-14-20(28)26-12-11-16-7-3-4-8-17(16)13-26/h3-10,15H,11-14H2,1-2H3. The lowest BCUT2D eigenvalue weighted by molar-refractivity contribution is -0.129. The van der Waals surface area contributed by atoms with E-state index in [0.29, 0.717) is 23.1 Å². The van der Waals surface area contributed by atoms with Gasteiger partial charge in [-0.2, -0.15) is 0 Å². The summed E-state index contributed by atoms with van der Waals surface area (Å²) in [4.78, 5) is 14.7. The molecule has 4 rings (SSSR count). The Morgan fingerprint density at radius 2 is 1.83 bits per heavy atom. The molecular formula is C22H23FN4OS. The fraction of sp³-hybridized carbons (Fsp3) is 0.318. The van der Waals surface area contributed by atoms with Crippen molar-refractivity contribution in [1.29, 1.82) is 0 Å². The quantitative estimate of drug-likeness (QED) is 0.587. The summed E-state index contributed by atoms with van der Waals surface area (Å²) in [7, 11) is 0. The first-order valence-electron chi connectivity index (χ1n) is 9.71. The molecular weight excluding hydrogens is 387 g/mol. The van der Waals surface area contributed by atoms with Gasteiger partial charge in [-0.15, -0.1) is 10.2 Å². The second-order valence-electron chi connectivity index (χ2n) is 7.37. The Morgan fingerprint density at radius 1 is 1.10 bits per heavy atom. The zero-order valence-corrected chi connectivity index (χ0v) is 17.3. The Hall–Kier alpha value is -2.67. The SMILES string of the molecule is CC(C)n1c(SCC(=O)N2CCc3ccccc3C2)nnc1-c1ccccc1F. The molecule has 0 aliphatic carbocycles. The lowest BCUT2D eigenvalue weighted by Gasteiger charge is -2.28. The zero-order valence-electron chi connectivity index (χ0n) is 16.5. The van der Waals surface area contributed by atoms with Gasteiger partial charge in [0.2, 0.25) is 5.91 Å². The van der Waals surface area contributed by atoms with Crippen molar-refractivity contribution >= 4 is 17.7 Å². The van der Waals surface area contributed by atoms with Gasteiger partial charge in [0.25, 0.3) is 0 Å². The second-order valence-corrected chi connectivity index (χ2v) is 8.31. The van der Waals surface area contributed by atoms with Crippen LogP contribution in [0.4, 0.5) is 4.39 Å². The summed E-state index contributed by atoms with van der Waals surface area (Å²) in [5.41, 5.74) is 2.95. The number of benzene rings is 2. The van der Waals surface area contributed by atoms with Crippen molar-refractivity contribution in [2.45, 2.75) is 38.0 Å². The van der Waals surface area contributed by atoms with E-state index in [1.54, 1.807) is 18.2 Å². The van der Waals surface area contributed by atoms with Gasteiger partial charge in [0.05, 0.1) is 11.3 Å². The Labute approximate surface area is 173 Å². The van der Waals surface area contributed by atoms with Gasteiger partial charge in [-0.05, 0) is 43.5 Å². The van der Waals surface area contributed by atoms with Crippen molar-refractivity contribution in [3.05, 3.63) is 65.5 Å². The van der Waals surface area contributed by atoms with Crippen LogP contribution in [0.3, 0.4) is 0 Å². The molecule has 3 aromatic rings. The molecule has 0 atom stereocenters. The van der Waals surface area contributed by atoms with Crippen LogP contribution < -0.4 is 0 Å². The van der Waals surface area contributed by atoms with Crippen LogP contribution in [-0.2, 0) is 17.8 Å². The third-order valence-corrected chi connectivity index (χ3v) is 6.03. The molecule has 1 aliphatic heterocycles. The van der Waals surface area contributed by atoms with Crippen LogP contribution in [-0.4, -0.2) is 37.9 Å². The fourth-order valence-electron chi connectivity index (χ4n) is 3.59. The van der Waals surface area contributed by atoms with Crippen molar-refractivity contribution < 1.29 is 9.18 Å². The van der Waals surface area contributed by atoms with E-state index in [2.05, 4.69) is 22.3 Å². The molecule has 0 saturated heterocycles. The van der Waals surface area contributed by atoms with Crippen molar-refractivity contribution in [3.63, 3.8) is 0 Å². The Kier molecular flexibility index (Phi) is 5.67. The Morgan fingerprint density at radius 3 is 2.59 bits per heavy atom. The summed E-state index contributed by atoms with van der Waals surface area (Å²) in [6.07, 6.45) is 0.881. The van der Waals surface area contributed by atoms with E-state index in [-0.39, 0.29) is 23.5 Å². The molecule has 0 saturated carbocycles. The predicted molar refractivity (Wildman–Crippen MR) is 112 cm³/mol. The number of rotatable bonds is 5. The normalized spacial score (nSPS) is 13.6. The summed E-state index contributed by atoms with van der Waals surface area (Å²) in [5.74, 6) is 0.515. The summed E-state index contributed by atoms with van der Waals surface area (Å²) in [6, 6.07) is 14.8. The number of carbonyl (C=O) groups is 1. The van der Waals surface area contributed by atoms with Crippen molar-refractivity contribution in [1.82, 2.24) is 19.7 Å². The molecule has 0 fully saturated rings. The molecule has 0 N–H and O–H groups in total. The van der Waals surface area contributed by atoms with Crippen LogP contribution in [0.5, 0.6) is 0 Å². The highest BCUT2D eigenvalue weighted by molar-refractivity contribution is 7.99. The van der Waals surface area contributed by atoms with Gasteiger partial charge in [0.1, 0.15) is 5.82 Å². The Bertz CT molecular complexity index is 1030. The van der Waals surface area contributed by atoms with Gasteiger partial charge in [-0.3, -0.25) is 9.36 Å². The number of nitrogens with zero attached hydrogens (tertiary/aromatic N) is 4. The average Bonchev–Trinajstić information content (AvgIpc) is 3.16. The molecule has 0 unspecified atom stereocenters. The van der Waals surface area contributed by atoms with E-state index in [0.717, 1.165) is 13.0 Å². The first-order chi connectivity index (χ1) is 14.0. The highest BCUT2D eigenvalue weighted by Gasteiger charge is 2.23. The van der Waals surface area contributed by atoms with Gasteiger partial charge >= 0.3 is 0 Å². The molecule has 5 nitrogen and oxygen atoms in total. The number of hydrogen-bond donors (Lipinski definition) is 0. The highest BCUT2D eigenvalue weighted by Crippen LogP contribution is 2.29. The first kappa shape index (κ1) is 19.6. The molecule has 1 aliphatic rings. The molecule has 0 spiro atoms. The number of aromatic nitrogens is 3. The van der Waals surface area contributed by atoms with E-state index in [9.17, 15) is 9.18 Å². The topological polar surface area (TPSA) is 51.0 Å². The monoisotopic (exact) mass is 410 g/mol. The van der Waals surface area contributed by atoms with Crippen molar-refractivity contribution in [2.24, 2.45) is 0 Å². The maximum Gasteiger partial charge on any atom is 0.233 e. The maximum absolute atomic E-state index is 14.3. The van der Waals surface area contributed by atoms with Gasteiger partial charge in [-0.1, -0.05) is 48.2 Å². The lowest BCUT2D eigenvalue weighted by atomic mass is 10.00. The molecule has 7 heteroatoms. The summed E-state index contributed by atoms with van der Waals surface area (Å²) >= 11 is 1.36. The van der Waals surface area contributed by atoms with Gasteiger partial charge in [-0.25, -0.2) is 4.39 Å². The van der Waals surface area contributed by atoms with Crippen molar-refractivity contribution in [2.75, 3.05) is 12.3 Å². The number of carbonyl (C=O) groups excluding carboxylic acids is 1. The van der Waals surface area contributed by atoms with Crippen LogP contribution >= 0.6 is 11.8 Å². The van der Waals surface area contributed by atoms with E-state index in [1.807, 2.05) is 35.4 Å². The molecule has 2 heterocycles. The average molecular weight is 411 g/mol. The lowest BCUT2D eigenvalue weighted by Crippen LogP contribution is -2.37. The summed E-state index contributed by atoms with van der Waals surface area (Å²) in [5, 5.41) is 9.09. The molecule has 150 valence electrons. The molecule has 29 heavy (non-hydrogen) atoms. The van der Waals surface area contributed by atoms with Gasteiger partial charge in [0.15, 0.2) is 11.0 Å². The van der Waals surface area contributed by atoms with Crippen LogP contribution in [0.25, 0.3) is 11.4 Å². The first-order valence-corrected chi connectivity index (χ1v) is 10.7. The summed E-state index contributed by atoms with van der Waals surface area (Å²) < 4.78 is 16.1. The molecule has 1 amide bonds. The van der Waals surface area contributed by atoms with E-state index in [1.165, 1.54) is 29.0 Å². The zero-order chi connectivity index (χ0) is 20.4. The minimum Gasteiger partial charge on any atom is -0.337 e. The molecule has 1 aromatic heterocycles. The molecule has 0 radical (unpaired) electrons. The third-order valence-electron chi connectivity index (χ3n) is 5.10. The number of halogens is 1. The van der Waals surface area contributed by atoms with E-state index < -0.39 is 0 Å². The number of hydrogen-bond acceptors (Lipinski definition) is 4. The Balaban J connectivity index is 1.49. The number of thioether (sulfide) groups is 1. The minimum atomic E-state index is -0.332. The minimum absolute atomic E-state index is 0.0408. The van der Waals surface area contributed by atoms with Gasteiger partial charge in [0, 0.05) is 19.1 Å². The predicted octanol–water partition coefficient (Wildman–Crippen LogP) is 4.34. The van der Waals surface area contributed by atoms with Gasteiger partial charge < -0.3 is 4.90 Å². The second kappa shape index (κ2) is 8.37. The van der Waals surface area contributed by atoms with E-state index >= 15 is 0 Å². The molecule has 2 aromatic carbocycles. The smallest absolute Gasteiger partial charge is 0.233 e. The highest BCUT2D eigenvalue weighted by atomic mass is 32.2. The number of fused-ring (bicyclic) bond motifs is 1. The largest absolute Gasteiger partial charge is 0.337 e. The summed E-state index contributed by atoms with van der Waals surface area (Å²) in [6.45, 7) is 5.38. The third kappa shape index (κ3) is 4.05. The molecule has 0 bridgehead atoms. The van der Waals surface area contributed by atoms with Crippen molar-refractivity contribution in [3.8, 4) is 11.4 Å². The van der Waals surface area contributed by atoms with Crippen LogP contribution in [0.15, 0.2) is 53.7 Å². The van der Waals surface area contributed by atoms with Crippen LogP contribution in [0.2, 0.25) is 0 Å².